The van der Waals surface area contributed by atoms with Crippen LogP contribution >= 0.6 is 0 Å². The fraction of sp³-hybridized carbons (Fsp3) is 0.625. The normalized spacial score (nSPS) is 20.6. The molecule has 1 aliphatic heterocycles. The van der Waals surface area contributed by atoms with E-state index >= 15 is 0 Å². The average molecular weight is 278 g/mol. The zero-order chi connectivity index (χ0) is 14.5. The third-order valence-corrected chi connectivity index (χ3v) is 4.42. The highest BCUT2D eigenvalue weighted by molar-refractivity contribution is 5.29. The van der Waals surface area contributed by atoms with E-state index in [0.29, 0.717) is 12.5 Å². The second-order valence-corrected chi connectivity index (χ2v) is 5.64. The molecule has 3 N–H and O–H groups in total. The van der Waals surface area contributed by atoms with Crippen molar-refractivity contribution in [3.63, 3.8) is 0 Å². The molecule has 2 atom stereocenters. The molecule has 0 aliphatic carbocycles. The lowest BCUT2D eigenvalue weighted by atomic mass is 9.90. The number of aliphatic hydroxyl groups excluding tert-OH is 1. The van der Waals surface area contributed by atoms with Crippen molar-refractivity contribution in [1.29, 1.82) is 0 Å². The second-order valence-electron chi connectivity index (χ2n) is 5.64. The number of piperidine rings is 1. The molecule has 0 saturated carbocycles. The molecule has 20 heavy (non-hydrogen) atoms. The Hall–Kier alpha value is -1.10. The number of hydrogen-bond acceptors (Lipinski definition) is 4. The molecule has 0 aromatic heterocycles. The first kappa shape index (κ1) is 15.3. The molecule has 2 unspecified atom stereocenters. The number of benzene rings is 1. The Morgan fingerprint density at radius 3 is 2.35 bits per heavy atom. The van der Waals surface area contributed by atoms with E-state index in [4.69, 9.17) is 10.5 Å². The van der Waals surface area contributed by atoms with Gasteiger partial charge >= 0.3 is 0 Å². The summed E-state index contributed by atoms with van der Waals surface area (Å²) in [5, 5.41) is 9.68. The van der Waals surface area contributed by atoms with Gasteiger partial charge < -0.3 is 15.6 Å². The molecule has 2 rings (SSSR count). The second kappa shape index (κ2) is 7.07. The van der Waals surface area contributed by atoms with Gasteiger partial charge in [-0.2, -0.15) is 0 Å². The van der Waals surface area contributed by atoms with Crippen molar-refractivity contribution in [2.24, 2.45) is 11.7 Å². The summed E-state index contributed by atoms with van der Waals surface area (Å²) in [7, 11) is 1.68. The van der Waals surface area contributed by atoms with E-state index in [9.17, 15) is 5.11 Å². The van der Waals surface area contributed by atoms with E-state index in [0.717, 1.165) is 31.7 Å². The van der Waals surface area contributed by atoms with Crippen LogP contribution < -0.4 is 10.5 Å². The van der Waals surface area contributed by atoms with Crippen molar-refractivity contribution in [3.8, 4) is 5.75 Å². The van der Waals surface area contributed by atoms with Gasteiger partial charge in [0, 0.05) is 12.6 Å². The summed E-state index contributed by atoms with van der Waals surface area (Å²) < 4.78 is 5.20. The van der Waals surface area contributed by atoms with Gasteiger partial charge in [-0.15, -0.1) is 0 Å². The first-order valence-corrected chi connectivity index (χ1v) is 7.41. The molecule has 1 aromatic carbocycles. The van der Waals surface area contributed by atoms with Crippen LogP contribution in [-0.2, 0) is 0 Å². The van der Waals surface area contributed by atoms with E-state index in [1.165, 1.54) is 5.56 Å². The Kier molecular flexibility index (Phi) is 5.40. The highest BCUT2D eigenvalue weighted by atomic mass is 16.5. The third-order valence-electron chi connectivity index (χ3n) is 4.42. The van der Waals surface area contributed by atoms with Crippen molar-refractivity contribution >= 4 is 0 Å². The van der Waals surface area contributed by atoms with Crippen molar-refractivity contribution in [2.75, 3.05) is 26.7 Å². The fourth-order valence-electron chi connectivity index (χ4n) is 3.04. The summed E-state index contributed by atoms with van der Waals surface area (Å²) in [6.45, 7) is 4.52. The predicted octanol–water partition coefficient (Wildman–Crippen LogP) is 1.79. The van der Waals surface area contributed by atoms with Crippen LogP contribution in [0.2, 0.25) is 0 Å². The van der Waals surface area contributed by atoms with E-state index in [-0.39, 0.29) is 12.1 Å². The smallest absolute Gasteiger partial charge is 0.118 e. The molecule has 1 aromatic rings. The maximum Gasteiger partial charge on any atom is 0.118 e. The van der Waals surface area contributed by atoms with Crippen LogP contribution in [0.25, 0.3) is 0 Å². The van der Waals surface area contributed by atoms with Crippen molar-refractivity contribution < 1.29 is 9.84 Å². The van der Waals surface area contributed by atoms with Gasteiger partial charge in [0.15, 0.2) is 0 Å². The van der Waals surface area contributed by atoms with Crippen LogP contribution in [-0.4, -0.2) is 42.9 Å². The standard InChI is InChI=1S/C16H26N2O2/c1-12(19)13-7-9-18(10-8-13)16(11-17)14-3-5-15(20-2)6-4-14/h3-6,12-13,16,19H,7-11,17H2,1-2H3. The summed E-state index contributed by atoms with van der Waals surface area (Å²) in [6, 6.07) is 8.42. The quantitative estimate of drug-likeness (QED) is 0.862. The number of ether oxygens (including phenoxy) is 1. The number of aliphatic hydroxyl groups is 1. The monoisotopic (exact) mass is 278 g/mol. The van der Waals surface area contributed by atoms with Crippen molar-refractivity contribution in [3.05, 3.63) is 29.8 Å². The Morgan fingerprint density at radius 1 is 1.30 bits per heavy atom. The number of nitrogens with zero attached hydrogens (tertiary/aromatic N) is 1. The molecule has 4 heteroatoms. The molecule has 4 nitrogen and oxygen atoms in total. The minimum atomic E-state index is -0.200. The Labute approximate surface area is 121 Å². The molecule has 0 bridgehead atoms. The summed E-state index contributed by atoms with van der Waals surface area (Å²) in [5.74, 6) is 1.30. The Morgan fingerprint density at radius 2 is 1.90 bits per heavy atom. The lowest BCUT2D eigenvalue weighted by Crippen LogP contribution is -2.41. The minimum Gasteiger partial charge on any atom is -0.497 e. The van der Waals surface area contributed by atoms with Crippen LogP contribution in [0.4, 0.5) is 0 Å². The number of nitrogens with two attached hydrogens (primary N) is 1. The maximum absolute atomic E-state index is 9.68. The SMILES string of the molecule is COc1ccc(C(CN)N2CCC(C(C)O)CC2)cc1. The lowest BCUT2D eigenvalue weighted by molar-refractivity contribution is 0.0568. The molecule has 1 heterocycles. The van der Waals surface area contributed by atoms with Crippen LogP contribution in [0.1, 0.15) is 31.4 Å². The average Bonchev–Trinajstić information content (AvgIpc) is 2.49. The van der Waals surface area contributed by atoms with E-state index in [2.05, 4.69) is 17.0 Å². The van der Waals surface area contributed by atoms with Gasteiger partial charge in [-0.25, -0.2) is 0 Å². The molecule has 0 amide bonds. The summed E-state index contributed by atoms with van der Waals surface area (Å²) in [6.07, 6.45) is 1.89. The first-order chi connectivity index (χ1) is 9.65. The van der Waals surface area contributed by atoms with Crippen molar-refractivity contribution in [1.82, 2.24) is 4.90 Å². The summed E-state index contributed by atoms with van der Waals surface area (Å²) >= 11 is 0. The molecule has 1 saturated heterocycles. The van der Waals surface area contributed by atoms with Gasteiger partial charge in [0.2, 0.25) is 0 Å². The van der Waals surface area contributed by atoms with Crippen molar-refractivity contribution in [2.45, 2.75) is 31.9 Å². The Balaban J connectivity index is 2.01. The summed E-state index contributed by atoms with van der Waals surface area (Å²) in [5.41, 5.74) is 7.22. The lowest BCUT2D eigenvalue weighted by Gasteiger charge is -2.38. The number of likely N-dealkylation sites (tertiary alicyclic amines) is 1. The van der Waals surface area contributed by atoms with Crippen LogP contribution in [0, 0.1) is 5.92 Å². The fourth-order valence-corrected chi connectivity index (χ4v) is 3.04. The van der Waals surface area contributed by atoms with Crippen LogP contribution in [0.3, 0.4) is 0 Å². The van der Waals surface area contributed by atoms with Gasteiger partial charge in [0.05, 0.1) is 13.2 Å². The zero-order valence-electron chi connectivity index (χ0n) is 12.5. The molecular formula is C16H26N2O2. The van der Waals surface area contributed by atoms with Crippen LogP contribution in [0.5, 0.6) is 5.75 Å². The van der Waals surface area contributed by atoms with Gasteiger partial charge in [-0.1, -0.05) is 12.1 Å². The van der Waals surface area contributed by atoms with Gasteiger partial charge in [-0.05, 0) is 56.5 Å². The summed E-state index contributed by atoms with van der Waals surface area (Å²) in [4.78, 5) is 2.43. The van der Waals surface area contributed by atoms with Gasteiger partial charge in [0.1, 0.15) is 5.75 Å². The molecule has 0 spiro atoms. The number of rotatable bonds is 5. The molecule has 112 valence electrons. The molecule has 0 radical (unpaired) electrons. The first-order valence-electron chi connectivity index (χ1n) is 7.41. The van der Waals surface area contributed by atoms with E-state index < -0.39 is 0 Å². The third kappa shape index (κ3) is 3.51. The molecule has 1 fully saturated rings. The van der Waals surface area contributed by atoms with Crippen LogP contribution in [0.15, 0.2) is 24.3 Å². The van der Waals surface area contributed by atoms with E-state index in [1.807, 2.05) is 19.1 Å². The molecule has 1 aliphatic rings. The predicted molar refractivity (Wildman–Crippen MR) is 80.8 cm³/mol. The largest absolute Gasteiger partial charge is 0.497 e. The topological polar surface area (TPSA) is 58.7 Å². The van der Waals surface area contributed by atoms with Gasteiger partial charge in [-0.3, -0.25) is 4.90 Å². The van der Waals surface area contributed by atoms with Gasteiger partial charge in [0.25, 0.3) is 0 Å². The maximum atomic E-state index is 9.68. The molecular weight excluding hydrogens is 252 g/mol. The minimum absolute atomic E-state index is 0.200. The zero-order valence-corrected chi connectivity index (χ0v) is 12.5. The highest BCUT2D eigenvalue weighted by Gasteiger charge is 2.27. The Bertz CT molecular complexity index is 397. The number of methoxy groups -OCH3 is 1. The van der Waals surface area contributed by atoms with E-state index in [1.54, 1.807) is 7.11 Å². The highest BCUT2D eigenvalue weighted by Crippen LogP contribution is 2.28. The number of hydrogen-bond donors (Lipinski definition) is 2.